The fourth-order valence-corrected chi connectivity index (χ4v) is 1.27. The van der Waals surface area contributed by atoms with E-state index in [-0.39, 0.29) is 5.91 Å². The Balaban J connectivity index is 2.99. The maximum absolute atomic E-state index is 11.4. The van der Waals surface area contributed by atoms with Gasteiger partial charge in [-0.3, -0.25) is 4.79 Å². The summed E-state index contributed by atoms with van der Waals surface area (Å²) in [5.74, 6) is -0.0671. The fourth-order valence-electron chi connectivity index (χ4n) is 1.09. The number of nitrogens with one attached hydrogen (secondary N) is 1. The number of rotatable bonds is 2. The maximum Gasteiger partial charge on any atom is 0.251 e. The Hall–Kier alpha value is -1.02. The molecule has 0 bridgehead atoms. The quantitative estimate of drug-likeness (QED) is 0.775. The predicted octanol–water partition coefficient (Wildman–Crippen LogP) is 2.40. The van der Waals surface area contributed by atoms with E-state index in [1.54, 1.807) is 12.1 Å². The number of benzene rings is 1. The van der Waals surface area contributed by atoms with Crippen molar-refractivity contribution in [2.45, 2.75) is 13.8 Å². The summed E-state index contributed by atoms with van der Waals surface area (Å²) >= 11 is 5.78. The number of carbonyl (C=O) groups excluding carboxylic acids is 1. The second-order valence-corrected chi connectivity index (χ2v) is 3.26. The van der Waals surface area contributed by atoms with Crippen LogP contribution in [0.25, 0.3) is 0 Å². The molecule has 1 aromatic rings. The number of hydrogen-bond acceptors (Lipinski definition) is 1. The van der Waals surface area contributed by atoms with Crippen LogP contribution in [-0.2, 0) is 0 Å². The average Bonchev–Trinajstić information content (AvgIpc) is 2.09. The molecule has 0 aromatic heterocycles. The lowest BCUT2D eigenvalue weighted by atomic mass is 10.1. The van der Waals surface area contributed by atoms with Gasteiger partial charge in [-0.1, -0.05) is 17.7 Å². The van der Waals surface area contributed by atoms with Crippen molar-refractivity contribution in [3.05, 3.63) is 34.3 Å². The van der Waals surface area contributed by atoms with Gasteiger partial charge in [-0.2, -0.15) is 0 Å². The van der Waals surface area contributed by atoms with Gasteiger partial charge in [-0.15, -0.1) is 0 Å². The van der Waals surface area contributed by atoms with Crippen LogP contribution < -0.4 is 5.32 Å². The number of halogens is 1. The van der Waals surface area contributed by atoms with Crippen LogP contribution >= 0.6 is 11.6 Å². The highest BCUT2D eigenvalue weighted by atomic mass is 35.5. The Bertz CT molecular complexity index is 323. The van der Waals surface area contributed by atoms with E-state index in [0.29, 0.717) is 17.1 Å². The lowest BCUT2D eigenvalue weighted by molar-refractivity contribution is 0.0955. The van der Waals surface area contributed by atoms with Gasteiger partial charge in [0.15, 0.2) is 0 Å². The van der Waals surface area contributed by atoms with E-state index in [1.165, 1.54) is 0 Å². The zero-order valence-corrected chi connectivity index (χ0v) is 8.48. The molecule has 1 N–H and O–H groups in total. The van der Waals surface area contributed by atoms with Crippen molar-refractivity contribution >= 4 is 17.5 Å². The Morgan fingerprint density at radius 1 is 1.54 bits per heavy atom. The molecule has 0 aliphatic carbocycles. The van der Waals surface area contributed by atoms with Crippen molar-refractivity contribution < 1.29 is 4.79 Å². The molecule has 0 aliphatic rings. The summed E-state index contributed by atoms with van der Waals surface area (Å²) in [5.41, 5.74) is 1.59. The van der Waals surface area contributed by atoms with Crippen LogP contribution in [0.5, 0.6) is 0 Å². The average molecular weight is 198 g/mol. The number of amides is 1. The molecule has 1 aromatic carbocycles. The molecule has 0 saturated carbocycles. The van der Waals surface area contributed by atoms with Crippen LogP contribution in [0.2, 0.25) is 5.02 Å². The Morgan fingerprint density at radius 3 is 2.85 bits per heavy atom. The Morgan fingerprint density at radius 2 is 2.23 bits per heavy atom. The molecular formula is C10H12ClNO. The summed E-state index contributed by atoms with van der Waals surface area (Å²) in [6, 6.07) is 5.30. The highest BCUT2D eigenvalue weighted by Crippen LogP contribution is 2.14. The van der Waals surface area contributed by atoms with E-state index in [1.807, 2.05) is 19.9 Å². The molecular weight excluding hydrogens is 186 g/mol. The van der Waals surface area contributed by atoms with Crippen LogP contribution in [0.4, 0.5) is 0 Å². The van der Waals surface area contributed by atoms with Crippen molar-refractivity contribution in [3.8, 4) is 0 Å². The third-order valence-corrected chi connectivity index (χ3v) is 2.02. The molecule has 0 atom stereocenters. The van der Waals surface area contributed by atoms with Gasteiger partial charge in [-0.05, 0) is 31.5 Å². The van der Waals surface area contributed by atoms with Gasteiger partial charge in [0.25, 0.3) is 5.91 Å². The molecule has 1 rings (SSSR count). The summed E-state index contributed by atoms with van der Waals surface area (Å²) in [6.07, 6.45) is 0. The molecule has 0 spiro atoms. The van der Waals surface area contributed by atoms with Crippen molar-refractivity contribution in [3.63, 3.8) is 0 Å². The normalized spacial score (nSPS) is 9.77. The first-order chi connectivity index (χ1) is 6.15. The lowest BCUT2D eigenvalue weighted by Crippen LogP contribution is -2.23. The van der Waals surface area contributed by atoms with Gasteiger partial charge in [0.2, 0.25) is 0 Å². The number of carbonyl (C=O) groups is 1. The van der Waals surface area contributed by atoms with Gasteiger partial charge in [0, 0.05) is 17.1 Å². The smallest absolute Gasteiger partial charge is 0.251 e. The third kappa shape index (κ3) is 2.46. The van der Waals surface area contributed by atoms with Crippen LogP contribution in [-0.4, -0.2) is 12.5 Å². The molecule has 0 saturated heterocycles. The van der Waals surface area contributed by atoms with Crippen LogP contribution in [0.15, 0.2) is 18.2 Å². The van der Waals surface area contributed by atoms with Gasteiger partial charge in [0.05, 0.1) is 0 Å². The highest BCUT2D eigenvalue weighted by molar-refractivity contribution is 6.31. The zero-order valence-electron chi connectivity index (χ0n) is 7.73. The maximum atomic E-state index is 11.4. The lowest BCUT2D eigenvalue weighted by Gasteiger charge is -2.05. The minimum absolute atomic E-state index is 0.0671. The Kier molecular flexibility index (Phi) is 3.32. The standard InChI is InChI=1S/C10H12ClNO/c1-3-12-10(13)9-6-8(11)5-4-7(9)2/h4-6H,3H2,1-2H3,(H,12,13). The van der Waals surface area contributed by atoms with Crippen LogP contribution in [0.1, 0.15) is 22.8 Å². The SMILES string of the molecule is CCNC(=O)c1cc(Cl)ccc1C. The van der Waals surface area contributed by atoms with Crippen LogP contribution in [0, 0.1) is 6.92 Å². The van der Waals surface area contributed by atoms with Crippen LogP contribution in [0.3, 0.4) is 0 Å². The molecule has 0 radical (unpaired) electrons. The second kappa shape index (κ2) is 4.28. The molecule has 2 nitrogen and oxygen atoms in total. The summed E-state index contributed by atoms with van der Waals surface area (Å²) in [4.78, 5) is 11.4. The van der Waals surface area contributed by atoms with E-state index < -0.39 is 0 Å². The monoisotopic (exact) mass is 197 g/mol. The number of hydrogen-bond donors (Lipinski definition) is 1. The summed E-state index contributed by atoms with van der Waals surface area (Å²) in [5, 5.41) is 3.32. The summed E-state index contributed by atoms with van der Waals surface area (Å²) < 4.78 is 0. The molecule has 0 heterocycles. The molecule has 1 amide bonds. The van der Waals surface area contributed by atoms with Gasteiger partial charge in [-0.25, -0.2) is 0 Å². The van der Waals surface area contributed by atoms with E-state index in [4.69, 9.17) is 11.6 Å². The van der Waals surface area contributed by atoms with E-state index in [0.717, 1.165) is 5.56 Å². The van der Waals surface area contributed by atoms with Crippen molar-refractivity contribution in [1.82, 2.24) is 5.32 Å². The molecule has 0 fully saturated rings. The fraction of sp³-hybridized carbons (Fsp3) is 0.300. The predicted molar refractivity (Wildman–Crippen MR) is 54.2 cm³/mol. The van der Waals surface area contributed by atoms with Crippen molar-refractivity contribution in [2.24, 2.45) is 0 Å². The van der Waals surface area contributed by atoms with E-state index in [2.05, 4.69) is 5.32 Å². The first-order valence-electron chi connectivity index (χ1n) is 4.19. The van der Waals surface area contributed by atoms with Gasteiger partial charge >= 0.3 is 0 Å². The van der Waals surface area contributed by atoms with E-state index >= 15 is 0 Å². The molecule has 70 valence electrons. The molecule has 0 aliphatic heterocycles. The zero-order chi connectivity index (χ0) is 9.84. The minimum atomic E-state index is -0.0671. The summed E-state index contributed by atoms with van der Waals surface area (Å²) in [6.45, 7) is 4.41. The largest absolute Gasteiger partial charge is 0.352 e. The van der Waals surface area contributed by atoms with Crippen molar-refractivity contribution in [2.75, 3.05) is 6.54 Å². The van der Waals surface area contributed by atoms with E-state index in [9.17, 15) is 4.79 Å². The minimum Gasteiger partial charge on any atom is -0.352 e. The molecule has 0 unspecified atom stereocenters. The van der Waals surface area contributed by atoms with Gasteiger partial charge < -0.3 is 5.32 Å². The third-order valence-electron chi connectivity index (χ3n) is 1.78. The van der Waals surface area contributed by atoms with Gasteiger partial charge in [0.1, 0.15) is 0 Å². The Labute approximate surface area is 82.9 Å². The first-order valence-corrected chi connectivity index (χ1v) is 4.57. The molecule has 13 heavy (non-hydrogen) atoms. The topological polar surface area (TPSA) is 29.1 Å². The first kappa shape index (κ1) is 10.1. The van der Waals surface area contributed by atoms with Crippen molar-refractivity contribution in [1.29, 1.82) is 0 Å². The molecule has 3 heteroatoms. The highest BCUT2D eigenvalue weighted by Gasteiger charge is 2.07. The summed E-state index contributed by atoms with van der Waals surface area (Å²) in [7, 11) is 0. The second-order valence-electron chi connectivity index (χ2n) is 2.82. The number of aryl methyl sites for hydroxylation is 1.